The Bertz CT molecular complexity index is 1400. The van der Waals surface area contributed by atoms with Crippen LogP contribution in [0, 0.1) is 6.92 Å². The van der Waals surface area contributed by atoms with Crippen LogP contribution >= 0.6 is 0 Å². The zero-order chi connectivity index (χ0) is 25.2. The van der Waals surface area contributed by atoms with E-state index >= 15 is 0 Å². The number of imidazole rings is 1. The van der Waals surface area contributed by atoms with Crippen LogP contribution in [0.1, 0.15) is 43.6 Å². The number of amides is 2. The van der Waals surface area contributed by atoms with Gasteiger partial charge >= 0.3 is 6.18 Å². The van der Waals surface area contributed by atoms with Crippen LogP contribution in [0.4, 0.5) is 18.9 Å². The van der Waals surface area contributed by atoms with Gasteiger partial charge in [-0.2, -0.15) is 13.2 Å². The first kappa shape index (κ1) is 24.0. The maximum atomic E-state index is 13.0. The molecule has 0 saturated carbocycles. The molecule has 2 aromatic carbocycles. The fourth-order valence-corrected chi connectivity index (χ4v) is 3.59. The normalized spacial score (nSPS) is 12.4. The molecule has 180 valence electrons. The lowest BCUT2D eigenvalue weighted by atomic mass is 10.0. The smallest absolute Gasteiger partial charge is 0.394 e. The molecule has 2 aromatic heterocycles. The van der Waals surface area contributed by atoms with Crippen molar-refractivity contribution in [2.24, 2.45) is 0 Å². The molecule has 10 heteroatoms. The number of rotatable bonds is 6. The number of hydrogen-bond acceptors (Lipinski definition) is 4. The Morgan fingerprint density at radius 1 is 1.06 bits per heavy atom. The van der Waals surface area contributed by atoms with Crippen molar-refractivity contribution in [3.05, 3.63) is 101 Å². The molecule has 2 heterocycles. The van der Waals surface area contributed by atoms with Crippen molar-refractivity contribution in [1.82, 2.24) is 14.7 Å². The van der Waals surface area contributed by atoms with E-state index in [0.29, 0.717) is 22.6 Å². The van der Waals surface area contributed by atoms with Crippen molar-refractivity contribution in [1.29, 1.82) is 0 Å². The zero-order valence-corrected chi connectivity index (χ0v) is 18.5. The first-order chi connectivity index (χ1) is 16.7. The molecule has 1 atom stereocenters. The second-order valence-electron chi connectivity index (χ2n) is 7.89. The number of pyridine rings is 1. The van der Waals surface area contributed by atoms with Gasteiger partial charge in [-0.15, -0.1) is 0 Å². The minimum atomic E-state index is -4.59. The van der Waals surface area contributed by atoms with Crippen LogP contribution in [0.25, 0.3) is 5.65 Å². The fourth-order valence-electron chi connectivity index (χ4n) is 3.59. The number of fused-ring (bicyclic) bond motifs is 1. The van der Waals surface area contributed by atoms with Gasteiger partial charge in [-0.05, 0) is 54.4 Å². The van der Waals surface area contributed by atoms with Gasteiger partial charge in [0.2, 0.25) is 0 Å². The Balaban J connectivity index is 1.54. The molecule has 0 unspecified atom stereocenters. The van der Waals surface area contributed by atoms with Gasteiger partial charge in [0.25, 0.3) is 11.8 Å². The lowest BCUT2D eigenvalue weighted by Crippen LogP contribution is -2.31. The van der Waals surface area contributed by atoms with E-state index in [0.717, 1.165) is 23.8 Å². The minimum Gasteiger partial charge on any atom is -0.394 e. The van der Waals surface area contributed by atoms with Crippen molar-refractivity contribution in [2.75, 3.05) is 11.9 Å². The van der Waals surface area contributed by atoms with E-state index in [1.165, 1.54) is 12.3 Å². The van der Waals surface area contributed by atoms with Crippen LogP contribution in [0.2, 0.25) is 0 Å². The summed E-state index contributed by atoms with van der Waals surface area (Å²) in [5.41, 5.74) is 1.45. The molecular formula is C25H21F3N4O3. The molecule has 2 amide bonds. The number of hydrogen-bond donors (Lipinski definition) is 3. The average molecular weight is 482 g/mol. The maximum Gasteiger partial charge on any atom is 0.416 e. The van der Waals surface area contributed by atoms with Crippen LogP contribution < -0.4 is 10.6 Å². The first-order valence-electron chi connectivity index (χ1n) is 10.6. The number of aryl methyl sites for hydroxylation is 1. The highest BCUT2D eigenvalue weighted by Crippen LogP contribution is 2.30. The highest BCUT2D eigenvalue weighted by atomic mass is 19.4. The van der Waals surface area contributed by atoms with E-state index in [1.807, 2.05) is 0 Å². The second-order valence-corrected chi connectivity index (χ2v) is 7.89. The highest BCUT2D eigenvalue weighted by Gasteiger charge is 2.31. The third-order valence-corrected chi connectivity index (χ3v) is 5.50. The molecule has 0 saturated heterocycles. The quantitative estimate of drug-likeness (QED) is 0.380. The van der Waals surface area contributed by atoms with Gasteiger partial charge in [-0.1, -0.05) is 24.3 Å². The molecular weight excluding hydrogens is 461 g/mol. The molecule has 35 heavy (non-hydrogen) atoms. The number of alkyl halides is 3. The molecule has 7 nitrogen and oxygen atoms in total. The number of carbonyl (C=O) groups excluding carboxylic acids is 2. The lowest BCUT2D eigenvalue weighted by Gasteiger charge is -2.19. The molecule has 0 aliphatic carbocycles. The molecule has 3 N–H and O–H groups in total. The van der Waals surface area contributed by atoms with Crippen molar-refractivity contribution < 1.29 is 27.9 Å². The summed E-state index contributed by atoms with van der Waals surface area (Å²) in [5, 5.41) is 15.2. The van der Waals surface area contributed by atoms with E-state index in [-0.39, 0.29) is 5.56 Å². The number of nitrogens with zero attached hydrogens (tertiary/aromatic N) is 2. The predicted molar refractivity (Wildman–Crippen MR) is 123 cm³/mol. The minimum absolute atomic E-state index is 0.188. The van der Waals surface area contributed by atoms with Crippen molar-refractivity contribution in [3.63, 3.8) is 0 Å². The summed E-state index contributed by atoms with van der Waals surface area (Å²) in [6.07, 6.45) is -1.42. The van der Waals surface area contributed by atoms with Crippen LogP contribution in [0.5, 0.6) is 0 Å². The van der Waals surface area contributed by atoms with Crippen LogP contribution in [-0.2, 0) is 6.18 Å². The van der Waals surface area contributed by atoms with Crippen molar-refractivity contribution in [3.8, 4) is 0 Å². The summed E-state index contributed by atoms with van der Waals surface area (Å²) in [6, 6.07) is 13.4. The first-order valence-corrected chi connectivity index (χ1v) is 10.6. The van der Waals surface area contributed by atoms with E-state index in [1.54, 1.807) is 53.9 Å². The van der Waals surface area contributed by atoms with Crippen LogP contribution in [0.15, 0.2) is 73.1 Å². The Morgan fingerprint density at radius 3 is 2.60 bits per heavy atom. The number of aliphatic hydroxyl groups excluding tert-OH is 1. The number of benzene rings is 2. The van der Waals surface area contributed by atoms with E-state index in [2.05, 4.69) is 15.6 Å². The molecule has 0 aliphatic rings. The Kier molecular flexibility index (Phi) is 6.57. The van der Waals surface area contributed by atoms with E-state index < -0.39 is 36.2 Å². The SMILES string of the molecule is Cc1ccc([C@H](CO)NC(=O)c2cccc(C(F)(F)F)c2)cc1NC(=O)c1cnc2ccccn12. The molecule has 0 spiro atoms. The largest absolute Gasteiger partial charge is 0.416 e. The summed E-state index contributed by atoms with van der Waals surface area (Å²) in [6.45, 7) is 1.28. The molecule has 4 rings (SSSR count). The Morgan fingerprint density at radius 2 is 1.86 bits per heavy atom. The van der Waals surface area contributed by atoms with Crippen LogP contribution in [0.3, 0.4) is 0 Å². The molecule has 0 bridgehead atoms. The van der Waals surface area contributed by atoms with Gasteiger partial charge in [0, 0.05) is 17.4 Å². The lowest BCUT2D eigenvalue weighted by molar-refractivity contribution is -0.137. The third-order valence-electron chi connectivity index (χ3n) is 5.50. The summed E-state index contributed by atoms with van der Waals surface area (Å²) in [5.74, 6) is -1.18. The monoisotopic (exact) mass is 482 g/mol. The van der Waals surface area contributed by atoms with Gasteiger partial charge in [0.15, 0.2) is 0 Å². The zero-order valence-electron chi connectivity index (χ0n) is 18.5. The molecule has 4 aromatic rings. The van der Waals surface area contributed by atoms with Gasteiger partial charge in [-0.25, -0.2) is 4.98 Å². The van der Waals surface area contributed by atoms with Gasteiger partial charge in [0.05, 0.1) is 24.4 Å². The summed E-state index contributed by atoms with van der Waals surface area (Å²) in [4.78, 5) is 29.7. The summed E-state index contributed by atoms with van der Waals surface area (Å²) < 4.78 is 40.6. The van der Waals surface area contributed by atoms with Gasteiger partial charge < -0.3 is 15.7 Å². The van der Waals surface area contributed by atoms with E-state index in [4.69, 9.17) is 0 Å². The van der Waals surface area contributed by atoms with Crippen molar-refractivity contribution in [2.45, 2.75) is 19.1 Å². The molecule has 0 fully saturated rings. The average Bonchev–Trinajstić information content (AvgIpc) is 3.28. The number of anilines is 1. The number of halogens is 3. The number of aromatic nitrogens is 2. The summed E-state index contributed by atoms with van der Waals surface area (Å²) >= 11 is 0. The Hall–Kier alpha value is -4.18. The third kappa shape index (κ3) is 5.17. The number of carbonyl (C=O) groups is 2. The Labute approximate surface area is 198 Å². The van der Waals surface area contributed by atoms with E-state index in [9.17, 15) is 27.9 Å². The fraction of sp³-hybridized carbons (Fsp3) is 0.160. The predicted octanol–water partition coefficient (Wildman–Crippen LogP) is 4.38. The highest BCUT2D eigenvalue weighted by molar-refractivity contribution is 6.04. The van der Waals surface area contributed by atoms with Crippen LogP contribution in [-0.4, -0.2) is 32.9 Å². The van der Waals surface area contributed by atoms with Gasteiger partial charge in [-0.3, -0.25) is 14.0 Å². The van der Waals surface area contributed by atoms with Crippen molar-refractivity contribution >= 4 is 23.1 Å². The topological polar surface area (TPSA) is 95.7 Å². The molecule has 0 radical (unpaired) electrons. The maximum absolute atomic E-state index is 13.0. The molecule has 0 aliphatic heterocycles. The summed E-state index contributed by atoms with van der Waals surface area (Å²) in [7, 11) is 0. The number of aliphatic hydroxyl groups is 1. The van der Waals surface area contributed by atoms with Gasteiger partial charge in [0.1, 0.15) is 11.3 Å². The number of nitrogens with one attached hydrogen (secondary N) is 2. The second kappa shape index (κ2) is 9.59. The standard InChI is InChI=1S/C25H21F3N4O3/c1-15-8-9-16(12-19(15)30-24(35)21-13-29-22-7-2-3-10-32(21)22)20(14-33)31-23(34)17-5-4-6-18(11-17)25(26,27)28/h2-13,20,33H,14H2,1H3,(H,30,35)(H,31,34)/t20-/m0/s1.